The van der Waals surface area contributed by atoms with Gasteiger partial charge < -0.3 is 9.52 Å². The molecular weight excluding hydrogens is 360 g/mol. The van der Waals surface area contributed by atoms with Crippen molar-refractivity contribution in [1.29, 1.82) is 0 Å². The number of hydrogen-bond donors (Lipinski definition) is 1. The number of fused-ring (bicyclic) bond motifs is 2. The van der Waals surface area contributed by atoms with Crippen LogP contribution < -0.4 is 0 Å². The van der Waals surface area contributed by atoms with E-state index in [1.807, 2.05) is 79.7 Å². The van der Waals surface area contributed by atoms with E-state index in [0.29, 0.717) is 11.5 Å². The summed E-state index contributed by atoms with van der Waals surface area (Å²) in [7, 11) is 0. The fraction of sp³-hybridized carbons (Fsp3) is 0.0400. The van der Waals surface area contributed by atoms with Crippen LogP contribution in [-0.4, -0.2) is 16.3 Å². The Balaban J connectivity index is 1.51. The maximum atomic E-state index is 10.3. The predicted octanol–water partition coefficient (Wildman–Crippen LogP) is 6.41. The van der Waals surface area contributed by atoms with Crippen molar-refractivity contribution in [3.05, 3.63) is 90.0 Å². The summed E-state index contributed by atoms with van der Waals surface area (Å²) in [5, 5.41) is 12.3. The lowest BCUT2D eigenvalue weighted by Gasteiger charge is -2.06. The number of para-hydroxylation sites is 2. The first kappa shape index (κ1) is 17.2. The molecule has 0 aliphatic rings. The Morgan fingerprint density at radius 3 is 2.62 bits per heavy atom. The Morgan fingerprint density at radius 2 is 1.76 bits per heavy atom. The molecule has 0 unspecified atom stereocenters. The Kier molecular flexibility index (Phi) is 4.10. The second-order valence-corrected chi connectivity index (χ2v) is 6.97. The molecule has 1 N–H and O–H groups in total. The van der Waals surface area contributed by atoms with Crippen molar-refractivity contribution in [2.75, 3.05) is 0 Å². The SMILES string of the molecule is Cc1cc(-c2nc3ccccc3o2)ccc1N=Cc1c(O)ccc2ccccc12. The number of hydrogen-bond acceptors (Lipinski definition) is 4. The number of phenolic OH excluding ortho intramolecular Hbond substituents is 1. The van der Waals surface area contributed by atoms with Gasteiger partial charge in [0.1, 0.15) is 11.3 Å². The van der Waals surface area contributed by atoms with E-state index in [4.69, 9.17) is 4.42 Å². The molecular formula is C25H18N2O2. The highest BCUT2D eigenvalue weighted by Gasteiger charge is 2.10. The first-order valence-electron chi connectivity index (χ1n) is 9.40. The molecule has 0 amide bonds. The van der Waals surface area contributed by atoms with Crippen molar-refractivity contribution >= 4 is 33.8 Å². The van der Waals surface area contributed by atoms with Gasteiger partial charge in [0.05, 0.1) is 5.69 Å². The predicted molar refractivity (Wildman–Crippen MR) is 117 cm³/mol. The van der Waals surface area contributed by atoms with Crippen LogP contribution in [-0.2, 0) is 0 Å². The summed E-state index contributed by atoms with van der Waals surface area (Å²) in [6.07, 6.45) is 1.72. The minimum Gasteiger partial charge on any atom is -0.507 e. The van der Waals surface area contributed by atoms with Gasteiger partial charge in [-0.2, -0.15) is 0 Å². The van der Waals surface area contributed by atoms with E-state index in [1.165, 1.54) is 0 Å². The van der Waals surface area contributed by atoms with Crippen molar-refractivity contribution in [2.24, 2.45) is 4.99 Å². The third kappa shape index (κ3) is 3.15. The van der Waals surface area contributed by atoms with Gasteiger partial charge in [0, 0.05) is 17.3 Å². The summed E-state index contributed by atoms with van der Waals surface area (Å²) < 4.78 is 5.86. The van der Waals surface area contributed by atoms with Gasteiger partial charge in [-0.3, -0.25) is 4.99 Å². The van der Waals surface area contributed by atoms with E-state index in [9.17, 15) is 5.11 Å². The Labute approximate surface area is 167 Å². The zero-order chi connectivity index (χ0) is 19.8. The molecule has 0 atom stereocenters. The van der Waals surface area contributed by atoms with Gasteiger partial charge in [0.2, 0.25) is 5.89 Å². The van der Waals surface area contributed by atoms with Gasteiger partial charge >= 0.3 is 0 Å². The normalized spacial score (nSPS) is 11.6. The summed E-state index contributed by atoms with van der Waals surface area (Å²) in [4.78, 5) is 9.18. The molecule has 5 rings (SSSR count). The van der Waals surface area contributed by atoms with Gasteiger partial charge in [-0.25, -0.2) is 4.98 Å². The standard InChI is InChI=1S/C25H18N2O2/c1-16-14-18(25-27-22-8-4-5-9-24(22)29-25)10-12-21(16)26-15-20-19-7-3-2-6-17(19)11-13-23(20)28/h2-15,28H,1H3. The number of aliphatic imine (C=N–C) groups is 1. The van der Waals surface area contributed by atoms with Crippen molar-refractivity contribution in [3.63, 3.8) is 0 Å². The molecule has 29 heavy (non-hydrogen) atoms. The molecule has 0 aliphatic carbocycles. The largest absolute Gasteiger partial charge is 0.507 e. The maximum absolute atomic E-state index is 10.3. The molecule has 5 aromatic rings. The minimum absolute atomic E-state index is 0.216. The van der Waals surface area contributed by atoms with Crippen molar-refractivity contribution in [2.45, 2.75) is 6.92 Å². The number of benzene rings is 4. The number of phenols is 1. The second kappa shape index (κ2) is 6.91. The first-order valence-corrected chi connectivity index (χ1v) is 9.40. The first-order chi connectivity index (χ1) is 14.2. The summed E-state index contributed by atoms with van der Waals surface area (Å²) in [5.74, 6) is 0.810. The Hall–Kier alpha value is -3.92. The fourth-order valence-electron chi connectivity index (χ4n) is 3.48. The van der Waals surface area contributed by atoms with Crippen LogP contribution in [0.1, 0.15) is 11.1 Å². The molecule has 140 valence electrons. The zero-order valence-electron chi connectivity index (χ0n) is 15.8. The maximum Gasteiger partial charge on any atom is 0.227 e. The summed E-state index contributed by atoms with van der Waals surface area (Å²) >= 11 is 0. The van der Waals surface area contributed by atoms with Crippen LogP contribution in [0.2, 0.25) is 0 Å². The van der Waals surface area contributed by atoms with Crippen LogP contribution in [0.3, 0.4) is 0 Å². The number of aromatic nitrogens is 1. The van der Waals surface area contributed by atoms with Crippen LogP contribution >= 0.6 is 0 Å². The number of aromatic hydroxyl groups is 1. The monoisotopic (exact) mass is 378 g/mol. The third-order valence-electron chi connectivity index (χ3n) is 5.02. The number of rotatable bonds is 3. The molecule has 1 heterocycles. The van der Waals surface area contributed by atoms with E-state index >= 15 is 0 Å². The van der Waals surface area contributed by atoms with Crippen LogP contribution in [0.15, 0.2) is 88.3 Å². The molecule has 0 saturated carbocycles. The van der Waals surface area contributed by atoms with E-state index in [2.05, 4.69) is 9.98 Å². The fourth-order valence-corrected chi connectivity index (χ4v) is 3.48. The van der Waals surface area contributed by atoms with Gasteiger partial charge in [-0.15, -0.1) is 0 Å². The van der Waals surface area contributed by atoms with Gasteiger partial charge in [0.25, 0.3) is 0 Å². The van der Waals surface area contributed by atoms with Gasteiger partial charge in [-0.1, -0.05) is 42.5 Å². The zero-order valence-corrected chi connectivity index (χ0v) is 15.8. The van der Waals surface area contributed by atoms with Gasteiger partial charge in [0.15, 0.2) is 5.58 Å². The number of nitrogens with zero attached hydrogens (tertiary/aromatic N) is 2. The summed E-state index contributed by atoms with van der Waals surface area (Å²) in [5.41, 5.74) is 5.07. The summed E-state index contributed by atoms with van der Waals surface area (Å²) in [6, 6.07) is 25.2. The molecule has 0 spiro atoms. The molecule has 0 saturated heterocycles. The van der Waals surface area contributed by atoms with Crippen molar-refractivity contribution < 1.29 is 9.52 Å². The van der Waals surface area contributed by atoms with Crippen LogP contribution in [0.4, 0.5) is 5.69 Å². The number of oxazole rings is 1. The highest BCUT2D eigenvalue weighted by molar-refractivity contribution is 6.03. The molecule has 4 heteroatoms. The smallest absolute Gasteiger partial charge is 0.227 e. The van der Waals surface area contributed by atoms with E-state index in [1.54, 1.807) is 12.3 Å². The molecule has 1 aromatic heterocycles. The highest BCUT2D eigenvalue weighted by atomic mass is 16.3. The van der Waals surface area contributed by atoms with Crippen molar-refractivity contribution in [1.82, 2.24) is 4.98 Å². The lowest BCUT2D eigenvalue weighted by molar-refractivity contribution is 0.475. The lowest BCUT2D eigenvalue weighted by Crippen LogP contribution is -1.87. The van der Waals surface area contributed by atoms with E-state index in [0.717, 1.165) is 38.7 Å². The second-order valence-electron chi connectivity index (χ2n) is 6.97. The van der Waals surface area contributed by atoms with Crippen LogP contribution in [0.25, 0.3) is 33.3 Å². The Bertz CT molecular complexity index is 1350. The van der Waals surface area contributed by atoms with E-state index in [-0.39, 0.29) is 5.75 Å². The topological polar surface area (TPSA) is 58.6 Å². The van der Waals surface area contributed by atoms with Crippen LogP contribution in [0.5, 0.6) is 5.75 Å². The summed E-state index contributed by atoms with van der Waals surface area (Å²) in [6.45, 7) is 2.00. The van der Waals surface area contributed by atoms with E-state index < -0.39 is 0 Å². The molecule has 4 nitrogen and oxygen atoms in total. The molecule has 0 aliphatic heterocycles. The molecule has 0 fully saturated rings. The average Bonchev–Trinajstić information content (AvgIpc) is 3.18. The number of aryl methyl sites for hydroxylation is 1. The molecule has 4 aromatic carbocycles. The Morgan fingerprint density at radius 1 is 0.931 bits per heavy atom. The molecule has 0 radical (unpaired) electrons. The highest BCUT2D eigenvalue weighted by Crippen LogP contribution is 2.30. The van der Waals surface area contributed by atoms with Gasteiger partial charge in [-0.05, 0) is 59.7 Å². The third-order valence-corrected chi connectivity index (χ3v) is 5.02. The quantitative estimate of drug-likeness (QED) is 0.369. The van der Waals surface area contributed by atoms with Crippen LogP contribution in [0, 0.1) is 6.92 Å². The lowest BCUT2D eigenvalue weighted by atomic mass is 10.0. The molecule has 0 bridgehead atoms. The minimum atomic E-state index is 0.216. The average molecular weight is 378 g/mol. The van der Waals surface area contributed by atoms with Crippen molar-refractivity contribution in [3.8, 4) is 17.2 Å².